The zero-order chi connectivity index (χ0) is 14.0. The van der Waals surface area contributed by atoms with Crippen molar-refractivity contribution in [1.29, 1.82) is 0 Å². The molecule has 0 aliphatic carbocycles. The van der Waals surface area contributed by atoms with Crippen molar-refractivity contribution in [3.05, 3.63) is 27.2 Å². The summed E-state index contributed by atoms with van der Waals surface area (Å²) in [6.07, 6.45) is 0.0688. The first-order chi connectivity index (χ1) is 8.97. The van der Waals surface area contributed by atoms with Gasteiger partial charge in [-0.05, 0) is 25.0 Å². The van der Waals surface area contributed by atoms with Gasteiger partial charge in [-0.25, -0.2) is 4.79 Å². The van der Waals surface area contributed by atoms with Gasteiger partial charge in [-0.3, -0.25) is 0 Å². The first-order valence-electron chi connectivity index (χ1n) is 5.63. The molecule has 104 valence electrons. The van der Waals surface area contributed by atoms with Crippen molar-refractivity contribution < 1.29 is 19.4 Å². The molecule has 1 fully saturated rings. The minimum atomic E-state index is -0.954. The standard InChI is InChI=1S/C12H11Cl3O4/c13-6-3-8(14)11(9(15)4-6)18-5-7-1-2-10(19-7)12(16)17/h3-4,7,10H,1-2,5H2,(H,16,17). The summed E-state index contributed by atoms with van der Waals surface area (Å²) in [5.41, 5.74) is 0. The second-order valence-electron chi connectivity index (χ2n) is 4.17. The number of carboxylic acid groups (broad SMARTS) is 1. The van der Waals surface area contributed by atoms with E-state index in [1.165, 1.54) is 12.1 Å². The SMILES string of the molecule is O=C(O)C1CCC(COc2c(Cl)cc(Cl)cc2Cl)O1. The molecule has 2 unspecified atom stereocenters. The number of aliphatic carboxylic acids is 1. The third kappa shape index (κ3) is 3.66. The van der Waals surface area contributed by atoms with Crippen LogP contribution in [0.1, 0.15) is 12.8 Å². The highest BCUT2D eigenvalue weighted by atomic mass is 35.5. The minimum absolute atomic E-state index is 0.199. The van der Waals surface area contributed by atoms with Crippen LogP contribution in [-0.4, -0.2) is 29.9 Å². The molecule has 0 spiro atoms. The number of carboxylic acids is 1. The Labute approximate surface area is 125 Å². The van der Waals surface area contributed by atoms with E-state index in [1.54, 1.807) is 0 Å². The van der Waals surface area contributed by atoms with E-state index in [1.807, 2.05) is 0 Å². The highest BCUT2D eigenvalue weighted by molar-refractivity contribution is 6.40. The molecule has 1 saturated heterocycles. The molecule has 0 amide bonds. The van der Waals surface area contributed by atoms with Crippen molar-refractivity contribution in [2.45, 2.75) is 25.0 Å². The molecule has 1 aromatic carbocycles. The first-order valence-corrected chi connectivity index (χ1v) is 6.76. The van der Waals surface area contributed by atoms with Gasteiger partial charge in [-0.1, -0.05) is 34.8 Å². The highest BCUT2D eigenvalue weighted by Gasteiger charge is 2.31. The molecule has 1 heterocycles. The van der Waals surface area contributed by atoms with Crippen LogP contribution in [0, 0.1) is 0 Å². The summed E-state index contributed by atoms with van der Waals surface area (Å²) < 4.78 is 10.8. The summed E-state index contributed by atoms with van der Waals surface area (Å²) in [4.78, 5) is 10.7. The largest absolute Gasteiger partial charge is 0.488 e. The van der Waals surface area contributed by atoms with Crippen LogP contribution < -0.4 is 4.74 Å². The van der Waals surface area contributed by atoms with Gasteiger partial charge in [0.2, 0.25) is 0 Å². The van der Waals surface area contributed by atoms with Gasteiger partial charge in [0.15, 0.2) is 11.9 Å². The van der Waals surface area contributed by atoms with Crippen LogP contribution in [0.4, 0.5) is 0 Å². The van der Waals surface area contributed by atoms with Crippen LogP contribution in [0.2, 0.25) is 15.1 Å². The molecule has 2 atom stereocenters. The predicted octanol–water partition coefficient (Wildman–Crippen LogP) is 3.66. The summed E-state index contributed by atoms with van der Waals surface area (Å²) in [5.74, 6) is -0.625. The van der Waals surface area contributed by atoms with E-state index in [4.69, 9.17) is 49.4 Å². The molecule has 19 heavy (non-hydrogen) atoms. The van der Waals surface area contributed by atoms with Crippen LogP contribution in [0.25, 0.3) is 0 Å². The Morgan fingerprint density at radius 3 is 2.47 bits per heavy atom. The number of hydrogen-bond acceptors (Lipinski definition) is 3. The fourth-order valence-electron chi connectivity index (χ4n) is 1.85. The summed E-state index contributed by atoms with van der Waals surface area (Å²) in [6, 6.07) is 3.06. The van der Waals surface area contributed by atoms with Crippen molar-refractivity contribution in [3.8, 4) is 5.75 Å². The summed E-state index contributed by atoms with van der Waals surface area (Å²) in [6.45, 7) is 0.199. The quantitative estimate of drug-likeness (QED) is 0.918. The second kappa shape index (κ2) is 6.18. The Kier molecular flexibility index (Phi) is 4.79. The normalized spacial score (nSPS) is 22.5. The van der Waals surface area contributed by atoms with Crippen molar-refractivity contribution in [2.24, 2.45) is 0 Å². The summed E-state index contributed by atoms with van der Waals surface area (Å²) in [5, 5.41) is 9.85. The van der Waals surface area contributed by atoms with Crippen LogP contribution >= 0.6 is 34.8 Å². The average Bonchev–Trinajstić information content (AvgIpc) is 2.76. The van der Waals surface area contributed by atoms with Gasteiger partial charge in [0, 0.05) is 5.02 Å². The van der Waals surface area contributed by atoms with Crippen molar-refractivity contribution in [2.75, 3.05) is 6.61 Å². The molecular formula is C12H11Cl3O4. The molecule has 1 aliphatic heterocycles. The Bertz CT molecular complexity index is 469. The number of hydrogen-bond donors (Lipinski definition) is 1. The number of rotatable bonds is 4. The van der Waals surface area contributed by atoms with Gasteiger partial charge in [-0.2, -0.15) is 0 Å². The van der Waals surface area contributed by atoms with E-state index in [0.29, 0.717) is 33.7 Å². The maximum Gasteiger partial charge on any atom is 0.332 e. The van der Waals surface area contributed by atoms with Gasteiger partial charge < -0.3 is 14.6 Å². The number of carbonyl (C=O) groups is 1. The molecule has 1 aliphatic rings. The Morgan fingerprint density at radius 2 is 1.95 bits per heavy atom. The minimum Gasteiger partial charge on any atom is -0.488 e. The fraction of sp³-hybridized carbons (Fsp3) is 0.417. The van der Waals surface area contributed by atoms with E-state index >= 15 is 0 Å². The van der Waals surface area contributed by atoms with E-state index < -0.39 is 12.1 Å². The van der Waals surface area contributed by atoms with E-state index in [-0.39, 0.29) is 12.7 Å². The third-order valence-corrected chi connectivity index (χ3v) is 3.54. The highest BCUT2D eigenvalue weighted by Crippen LogP contribution is 2.36. The van der Waals surface area contributed by atoms with Gasteiger partial charge in [0.1, 0.15) is 6.61 Å². The van der Waals surface area contributed by atoms with Crippen LogP contribution in [0.15, 0.2) is 12.1 Å². The molecule has 4 nitrogen and oxygen atoms in total. The van der Waals surface area contributed by atoms with Crippen molar-refractivity contribution >= 4 is 40.8 Å². The molecule has 0 radical (unpaired) electrons. The van der Waals surface area contributed by atoms with Gasteiger partial charge in [0.05, 0.1) is 16.1 Å². The van der Waals surface area contributed by atoms with E-state index in [0.717, 1.165) is 0 Å². The third-order valence-electron chi connectivity index (χ3n) is 2.76. The average molecular weight is 326 g/mol. The molecule has 1 aromatic rings. The number of benzene rings is 1. The summed E-state index contributed by atoms with van der Waals surface area (Å²) >= 11 is 17.7. The van der Waals surface area contributed by atoms with Gasteiger partial charge >= 0.3 is 5.97 Å². The molecule has 1 N–H and O–H groups in total. The van der Waals surface area contributed by atoms with E-state index in [2.05, 4.69) is 0 Å². The van der Waals surface area contributed by atoms with Gasteiger partial charge in [-0.15, -0.1) is 0 Å². The zero-order valence-electron chi connectivity index (χ0n) is 9.74. The molecular weight excluding hydrogens is 314 g/mol. The lowest BCUT2D eigenvalue weighted by Crippen LogP contribution is -2.23. The molecule has 0 saturated carbocycles. The number of halogens is 3. The fourth-order valence-corrected chi connectivity index (χ4v) is 2.78. The summed E-state index contributed by atoms with van der Waals surface area (Å²) in [7, 11) is 0. The first kappa shape index (κ1) is 14.7. The van der Waals surface area contributed by atoms with Crippen molar-refractivity contribution in [1.82, 2.24) is 0 Å². The molecule has 2 rings (SSSR count). The second-order valence-corrected chi connectivity index (χ2v) is 5.42. The van der Waals surface area contributed by atoms with Crippen LogP contribution in [0.3, 0.4) is 0 Å². The van der Waals surface area contributed by atoms with E-state index in [9.17, 15) is 4.79 Å². The molecule has 7 heteroatoms. The van der Waals surface area contributed by atoms with Gasteiger partial charge in [0.25, 0.3) is 0 Å². The monoisotopic (exact) mass is 324 g/mol. The maximum atomic E-state index is 10.7. The van der Waals surface area contributed by atoms with Crippen molar-refractivity contribution in [3.63, 3.8) is 0 Å². The zero-order valence-corrected chi connectivity index (χ0v) is 12.0. The van der Waals surface area contributed by atoms with Crippen LogP contribution in [0.5, 0.6) is 5.75 Å². The Morgan fingerprint density at radius 1 is 1.32 bits per heavy atom. The topological polar surface area (TPSA) is 55.8 Å². The predicted molar refractivity (Wildman–Crippen MR) is 72.5 cm³/mol. The Balaban J connectivity index is 1.95. The molecule has 0 aromatic heterocycles. The molecule has 0 bridgehead atoms. The maximum absolute atomic E-state index is 10.7. The number of ether oxygens (including phenoxy) is 2. The smallest absolute Gasteiger partial charge is 0.332 e. The lowest BCUT2D eigenvalue weighted by atomic mass is 10.2. The lowest BCUT2D eigenvalue weighted by molar-refractivity contribution is -0.149. The Hall–Kier alpha value is -0.680. The lowest BCUT2D eigenvalue weighted by Gasteiger charge is -2.14. The van der Waals surface area contributed by atoms with Crippen LogP contribution in [-0.2, 0) is 9.53 Å².